The third-order valence-electron chi connectivity index (χ3n) is 4.86. The number of rotatable bonds is 3. The van der Waals surface area contributed by atoms with Crippen LogP contribution in [0.4, 0.5) is 23.2 Å². The molecular formula is C20H15F4N3O2. The van der Waals surface area contributed by atoms with E-state index >= 15 is 0 Å². The zero-order valence-corrected chi connectivity index (χ0v) is 15.2. The monoisotopic (exact) mass is 405 g/mol. The summed E-state index contributed by atoms with van der Waals surface area (Å²) in [7, 11) is 0. The lowest BCUT2D eigenvalue weighted by molar-refractivity contribution is -0.137. The number of amides is 1. The number of anilines is 1. The van der Waals surface area contributed by atoms with Crippen LogP contribution in [0.25, 0.3) is 11.5 Å². The first kappa shape index (κ1) is 19.1. The Labute approximate surface area is 162 Å². The van der Waals surface area contributed by atoms with Crippen LogP contribution in [-0.4, -0.2) is 22.6 Å². The topological polar surface area (TPSA) is 59.2 Å². The highest BCUT2D eigenvalue weighted by atomic mass is 19.4. The molecule has 0 aliphatic carbocycles. The molecule has 1 atom stereocenters. The van der Waals surface area contributed by atoms with Crippen LogP contribution in [-0.2, 0) is 11.0 Å². The van der Waals surface area contributed by atoms with E-state index in [0.717, 1.165) is 12.1 Å². The van der Waals surface area contributed by atoms with Crippen LogP contribution in [0.1, 0.15) is 29.3 Å². The van der Waals surface area contributed by atoms with Gasteiger partial charge in [-0.25, -0.2) is 4.39 Å². The van der Waals surface area contributed by atoms with Gasteiger partial charge in [-0.3, -0.25) is 4.79 Å². The Balaban J connectivity index is 1.52. The van der Waals surface area contributed by atoms with Crippen LogP contribution < -0.4 is 4.90 Å². The summed E-state index contributed by atoms with van der Waals surface area (Å²) < 4.78 is 57.0. The molecule has 0 saturated carbocycles. The third kappa shape index (κ3) is 3.72. The number of alkyl halides is 3. The van der Waals surface area contributed by atoms with Crippen molar-refractivity contribution in [3.05, 3.63) is 65.2 Å². The highest BCUT2D eigenvalue weighted by Gasteiger charge is 2.35. The molecular weight excluding hydrogens is 390 g/mol. The van der Waals surface area contributed by atoms with Crippen molar-refractivity contribution in [2.24, 2.45) is 0 Å². The molecule has 29 heavy (non-hydrogen) atoms. The Bertz CT molecular complexity index is 1060. The molecule has 1 fully saturated rings. The summed E-state index contributed by atoms with van der Waals surface area (Å²) in [6, 6.07) is 8.95. The Morgan fingerprint density at radius 3 is 2.52 bits per heavy atom. The second kappa shape index (κ2) is 6.98. The summed E-state index contributed by atoms with van der Waals surface area (Å²) in [4.78, 5) is 18.1. The molecule has 150 valence electrons. The average molecular weight is 405 g/mol. The van der Waals surface area contributed by atoms with Gasteiger partial charge in [0.1, 0.15) is 5.82 Å². The maximum Gasteiger partial charge on any atom is 0.416 e. The molecule has 0 N–H and O–H groups in total. The van der Waals surface area contributed by atoms with Gasteiger partial charge >= 0.3 is 6.18 Å². The molecule has 0 radical (unpaired) electrons. The minimum Gasteiger partial charge on any atom is -0.334 e. The molecule has 0 spiro atoms. The molecule has 1 unspecified atom stereocenters. The van der Waals surface area contributed by atoms with E-state index in [2.05, 4.69) is 10.1 Å². The molecule has 1 aromatic heterocycles. The zero-order valence-electron chi connectivity index (χ0n) is 15.2. The second-order valence-corrected chi connectivity index (χ2v) is 6.87. The van der Waals surface area contributed by atoms with Crippen LogP contribution in [0.15, 0.2) is 47.0 Å². The van der Waals surface area contributed by atoms with Crippen molar-refractivity contribution < 1.29 is 26.9 Å². The normalized spacial score (nSPS) is 17.2. The fraction of sp³-hybridized carbons (Fsp3) is 0.250. The summed E-state index contributed by atoms with van der Waals surface area (Å²) in [5.41, 5.74) is 0.505. The first-order valence-electron chi connectivity index (χ1n) is 8.80. The van der Waals surface area contributed by atoms with Gasteiger partial charge in [0.2, 0.25) is 5.91 Å². The van der Waals surface area contributed by atoms with Gasteiger partial charge in [-0.1, -0.05) is 11.2 Å². The third-order valence-corrected chi connectivity index (χ3v) is 4.86. The van der Waals surface area contributed by atoms with Gasteiger partial charge in [-0.05, 0) is 48.9 Å². The summed E-state index contributed by atoms with van der Waals surface area (Å²) in [5, 5.41) is 3.88. The quantitative estimate of drug-likeness (QED) is 0.592. The van der Waals surface area contributed by atoms with E-state index in [1.54, 1.807) is 19.1 Å². The minimum absolute atomic E-state index is 0.0704. The molecule has 1 saturated heterocycles. The van der Waals surface area contributed by atoms with Crippen LogP contribution >= 0.6 is 0 Å². The second-order valence-electron chi connectivity index (χ2n) is 6.87. The highest BCUT2D eigenvalue weighted by Crippen LogP contribution is 2.33. The molecule has 1 aliphatic heterocycles. The van der Waals surface area contributed by atoms with E-state index in [1.165, 1.54) is 23.1 Å². The lowest BCUT2D eigenvalue weighted by atomic mass is 10.1. The summed E-state index contributed by atoms with van der Waals surface area (Å²) in [5.74, 6) is -0.606. The predicted molar refractivity (Wildman–Crippen MR) is 95.6 cm³/mol. The smallest absolute Gasteiger partial charge is 0.334 e. The van der Waals surface area contributed by atoms with Gasteiger partial charge in [0.25, 0.3) is 5.89 Å². The van der Waals surface area contributed by atoms with E-state index in [1.807, 2.05) is 0 Å². The van der Waals surface area contributed by atoms with Gasteiger partial charge in [0.15, 0.2) is 5.82 Å². The van der Waals surface area contributed by atoms with E-state index in [4.69, 9.17) is 4.52 Å². The lowest BCUT2D eigenvalue weighted by Crippen LogP contribution is -2.24. The minimum atomic E-state index is -4.43. The van der Waals surface area contributed by atoms with Gasteiger partial charge in [0, 0.05) is 30.1 Å². The molecule has 5 nitrogen and oxygen atoms in total. The zero-order chi connectivity index (χ0) is 20.8. The van der Waals surface area contributed by atoms with E-state index in [9.17, 15) is 22.4 Å². The molecule has 9 heteroatoms. The number of aryl methyl sites for hydroxylation is 1. The van der Waals surface area contributed by atoms with Crippen LogP contribution in [0.2, 0.25) is 0 Å². The molecule has 1 aliphatic rings. The highest BCUT2D eigenvalue weighted by molar-refractivity contribution is 5.96. The van der Waals surface area contributed by atoms with Crippen LogP contribution in [0, 0.1) is 12.7 Å². The Morgan fingerprint density at radius 2 is 1.86 bits per heavy atom. The average Bonchev–Trinajstić information content (AvgIpc) is 3.30. The Hall–Kier alpha value is -3.23. The van der Waals surface area contributed by atoms with Crippen molar-refractivity contribution in [1.82, 2.24) is 10.1 Å². The van der Waals surface area contributed by atoms with Crippen molar-refractivity contribution in [3.63, 3.8) is 0 Å². The number of carbonyl (C=O) groups excluding carboxylic acids is 1. The van der Waals surface area contributed by atoms with Crippen molar-refractivity contribution in [2.45, 2.75) is 25.4 Å². The number of hydrogen-bond acceptors (Lipinski definition) is 4. The van der Waals surface area contributed by atoms with Gasteiger partial charge in [0.05, 0.1) is 5.56 Å². The van der Waals surface area contributed by atoms with Crippen molar-refractivity contribution in [1.29, 1.82) is 0 Å². The standard InChI is InChI=1S/C20H15F4N3O2/c1-11-2-7-15(9-16(11)21)27-10-13(8-17(27)28)18-25-19(29-26-18)12-3-5-14(6-4-12)20(22,23)24/h2-7,9,13H,8,10H2,1H3. The van der Waals surface area contributed by atoms with Crippen LogP contribution in [0.3, 0.4) is 0 Å². The predicted octanol–water partition coefficient (Wildman–Crippen LogP) is 4.72. The fourth-order valence-corrected chi connectivity index (χ4v) is 3.20. The number of carbonyl (C=O) groups is 1. The summed E-state index contributed by atoms with van der Waals surface area (Å²) in [6.45, 7) is 1.89. The molecule has 2 aromatic carbocycles. The number of nitrogens with zero attached hydrogens (tertiary/aromatic N) is 3. The number of halogens is 4. The number of aromatic nitrogens is 2. The molecule has 1 amide bonds. The fourth-order valence-electron chi connectivity index (χ4n) is 3.20. The summed E-state index contributed by atoms with van der Waals surface area (Å²) in [6.07, 6.45) is -4.30. The molecule has 4 rings (SSSR count). The Kier molecular flexibility index (Phi) is 4.60. The largest absolute Gasteiger partial charge is 0.416 e. The van der Waals surface area contributed by atoms with E-state index in [0.29, 0.717) is 16.8 Å². The Morgan fingerprint density at radius 1 is 1.14 bits per heavy atom. The van der Waals surface area contributed by atoms with Gasteiger partial charge in [-0.15, -0.1) is 0 Å². The van der Waals surface area contributed by atoms with Gasteiger partial charge in [-0.2, -0.15) is 18.2 Å². The van der Waals surface area contributed by atoms with Crippen molar-refractivity contribution in [3.8, 4) is 11.5 Å². The first-order chi connectivity index (χ1) is 13.7. The lowest BCUT2D eigenvalue weighted by Gasteiger charge is -2.16. The number of hydrogen-bond donors (Lipinski definition) is 0. The van der Waals surface area contributed by atoms with E-state index < -0.39 is 17.6 Å². The molecule has 3 aromatic rings. The number of benzene rings is 2. The SMILES string of the molecule is Cc1ccc(N2CC(c3noc(-c4ccc(C(F)(F)F)cc4)n3)CC2=O)cc1F. The summed E-state index contributed by atoms with van der Waals surface area (Å²) >= 11 is 0. The molecule has 2 heterocycles. The maximum atomic E-state index is 13.8. The first-order valence-corrected chi connectivity index (χ1v) is 8.80. The maximum absolute atomic E-state index is 13.8. The molecule has 0 bridgehead atoms. The van der Waals surface area contributed by atoms with Crippen molar-refractivity contribution >= 4 is 11.6 Å². The van der Waals surface area contributed by atoms with Crippen LogP contribution in [0.5, 0.6) is 0 Å². The van der Waals surface area contributed by atoms with Crippen molar-refractivity contribution in [2.75, 3.05) is 11.4 Å². The van der Waals surface area contributed by atoms with E-state index in [-0.39, 0.29) is 36.5 Å². The van der Waals surface area contributed by atoms with Gasteiger partial charge < -0.3 is 9.42 Å².